The summed E-state index contributed by atoms with van der Waals surface area (Å²) in [6.07, 6.45) is 8.93. The molecular weight excluding hydrogens is 238 g/mol. The molecule has 3 nitrogen and oxygen atoms in total. The molecule has 3 unspecified atom stereocenters. The maximum atomic E-state index is 11.7. The molecule has 2 fully saturated rings. The summed E-state index contributed by atoms with van der Waals surface area (Å²) in [5.74, 6) is 0.244. The molecular formula is C16H29NO2. The Morgan fingerprint density at radius 1 is 1.37 bits per heavy atom. The van der Waals surface area contributed by atoms with Crippen molar-refractivity contribution < 1.29 is 9.90 Å². The zero-order chi connectivity index (χ0) is 13.9. The zero-order valence-corrected chi connectivity index (χ0v) is 12.5. The molecule has 0 amide bonds. The van der Waals surface area contributed by atoms with Gasteiger partial charge in [-0.15, -0.1) is 0 Å². The highest BCUT2D eigenvalue weighted by atomic mass is 16.4. The molecule has 1 saturated heterocycles. The molecule has 19 heavy (non-hydrogen) atoms. The van der Waals surface area contributed by atoms with Crippen molar-refractivity contribution in [3.8, 4) is 0 Å². The Morgan fingerprint density at radius 3 is 2.79 bits per heavy atom. The Labute approximate surface area is 117 Å². The second-order valence-corrected chi connectivity index (χ2v) is 6.84. The summed E-state index contributed by atoms with van der Waals surface area (Å²) in [7, 11) is 0. The first-order valence-electron chi connectivity index (χ1n) is 8.05. The van der Waals surface area contributed by atoms with Gasteiger partial charge in [0.2, 0.25) is 0 Å². The van der Waals surface area contributed by atoms with Crippen LogP contribution in [0.3, 0.4) is 0 Å². The normalized spacial score (nSPS) is 37.2. The van der Waals surface area contributed by atoms with E-state index in [1.54, 1.807) is 0 Å². The number of carboxylic acids is 1. The number of piperidine rings is 1. The molecule has 0 radical (unpaired) electrons. The first kappa shape index (κ1) is 14.8. The van der Waals surface area contributed by atoms with Crippen molar-refractivity contribution in [3.63, 3.8) is 0 Å². The largest absolute Gasteiger partial charge is 0.481 e. The van der Waals surface area contributed by atoms with Crippen LogP contribution >= 0.6 is 0 Å². The molecule has 0 spiro atoms. The first-order valence-corrected chi connectivity index (χ1v) is 8.05. The lowest BCUT2D eigenvalue weighted by molar-refractivity contribution is -0.154. The minimum absolute atomic E-state index is 0.465. The van der Waals surface area contributed by atoms with Crippen molar-refractivity contribution in [2.45, 2.75) is 71.3 Å². The van der Waals surface area contributed by atoms with Crippen molar-refractivity contribution in [2.75, 3.05) is 13.1 Å². The lowest BCUT2D eigenvalue weighted by Gasteiger charge is -2.45. The van der Waals surface area contributed by atoms with Crippen molar-refractivity contribution in [1.29, 1.82) is 0 Å². The molecule has 1 saturated carbocycles. The van der Waals surface area contributed by atoms with Gasteiger partial charge in [-0.05, 0) is 44.6 Å². The number of carbonyl (C=O) groups is 1. The summed E-state index contributed by atoms with van der Waals surface area (Å²) in [5.41, 5.74) is -0.465. The number of hydrogen-bond acceptors (Lipinski definition) is 2. The summed E-state index contributed by atoms with van der Waals surface area (Å²) in [4.78, 5) is 14.2. The van der Waals surface area contributed by atoms with Crippen LogP contribution in [0, 0.1) is 11.3 Å². The number of rotatable bonds is 4. The predicted molar refractivity (Wildman–Crippen MR) is 77.2 cm³/mol. The van der Waals surface area contributed by atoms with Crippen LogP contribution in [-0.4, -0.2) is 35.1 Å². The molecule has 1 aliphatic carbocycles. The van der Waals surface area contributed by atoms with Gasteiger partial charge in [-0.3, -0.25) is 9.69 Å². The van der Waals surface area contributed by atoms with Gasteiger partial charge in [0.05, 0.1) is 5.41 Å². The highest BCUT2D eigenvalue weighted by molar-refractivity contribution is 5.75. The molecule has 3 heteroatoms. The fourth-order valence-electron chi connectivity index (χ4n) is 4.18. The van der Waals surface area contributed by atoms with Crippen LogP contribution in [0.15, 0.2) is 0 Å². The molecule has 3 atom stereocenters. The first-order chi connectivity index (χ1) is 9.07. The molecule has 110 valence electrons. The Bertz CT molecular complexity index is 314. The van der Waals surface area contributed by atoms with Gasteiger partial charge in [-0.1, -0.05) is 33.1 Å². The van der Waals surface area contributed by atoms with Gasteiger partial charge in [0.1, 0.15) is 0 Å². The Hall–Kier alpha value is -0.570. The number of aliphatic carboxylic acids is 1. The fraction of sp³-hybridized carbons (Fsp3) is 0.938. The van der Waals surface area contributed by atoms with E-state index in [-0.39, 0.29) is 0 Å². The molecule has 0 aromatic heterocycles. The number of hydrogen-bond donors (Lipinski definition) is 1. The summed E-state index contributed by atoms with van der Waals surface area (Å²) in [6, 6.07) is 0.639. The van der Waals surface area contributed by atoms with E-state index in [1.807, 2.05) is 0 Å². The fourth-order valence-corrected chi connectivity index (χ4v) is 4.18. The quantitative estimate of drug-likeness (QED) is 0.847. The Balaban J connectivity index is 2.04. The van der Waals surface area contributed by atoms with Crippen LogP contribution in [0.4, 0.5) is 0 Å². The van der Waals surface area contributed by atoms with Crippen LogP contribution < -0.4 is 0 Å². The minimum Gasteiger partial charge on any atom is -0.481 e. The van der Waals surface area contributed by atoms with E-state index in [4.69, 9.17) is 0 Å². The van der Waals surface area contributed by atoms with Crippen molar-refractivity contribution in [3.05, 3.63) is 0 Å². The van der Waals surface area contributed by atoms with E-state index in [0.29, 0.717) is 6.04 Å². The van der Waals surface area contributed by atoms with E-state index in [0.717, 1.165) is 44.7 Å². The molecule has 0 aromatic rings. The maximum absolute atomic E-state index is 11.7. The monoisotopic (exact) mass is 267 g/mol. The average molecular weight is 267 g/mol. The number of likely N-dealkylation sites (tertiary alicyclic amines) is 1. The van der Waals surface area contributed by atoms with Crippen LogP contribution in [0.25, 0.3) is 0 Å². The third-order valence-electron chi connectivity index (χ3n) is 5.21. The van der Waals surface area contributed by atoms with Gasteiger partial charge in [0, 0.05) is 12.6 Å². The number of carboxylic acid groups (broad SMARTS) is 1. The lowest BCUT2D eigenvalue weighted by atomic mass is 9.75. The van der Waals surface area contributed by atoms with Crippen molar-refractivity contribution in [2.24, 2.45) is 11.3 Å². The summed E-state index contributed by atoms with van der Waals surface area (Å²) in [6.45, 7) is 6.34. The third-order valence-corrected chi connectivity index (χ3v) is 5.21. The van der Waals surface area contributed by atoms with Gasteiger partial charge in [0.15, 0.2) is 0 Å². The molecule has 0 bridgehead atoms. The predicted octanol–water partition coefficient (Wildman–Crippen LogP) is 3.53. The van der Waals surface area contributed by atoms with Crippen LogP contribution in [0.2, 0.25) is 0 Å². The highest BCUT2D eigenvalue weighted by Crippen LogP contribution is 2.38. The van der Waals surface area contributed by atoms with Gasteiger partial charge in [0.25, 0.3) is 0 Å². The average Bonchev–Trinajstić information content (AvgIpc) is 2.39. The molecule has 1 aliphatic heterocycles. The molecule has 2 aliphatic rings. The van der Waals surface area contributed by atoms with Crippen LogP contribution in [-0.2, 0) is 4.79 Å². The van der Waals surface area contributed by atoms with Crippen molar-refractivity contribution >= 4 is 5.97 Å². The van der Waals surface area contributed by atoms with E-state index in [2.05, 4.69) is 18.7 Å². The summed E-state index contributed by atoms with van der Waals surface area (Å²) >= 11 is 0. The summed E-state index contributed by atoms with van der Waals surface area (Å²) < 4.78 is 0. The standard InChI is InChI=1S/C16H29NO2/c1-3-8-16(15(18)19)9-5-10-17(12-16)14-7-4-6-13(2)11-14/h13-14H,3-12H2,1-2H3,(H,18,19). The Kier molecular flexibility index (Phi) is 4.88. The van der Waals surface area contributed by atoms with Gasteiger partial charge < -0.3 is 5.11 Å². The van der Waals surface area contributed by atoms with Gasteiger partial charge in [-0.2, -0.15) is 0 Å². The van der Waals surface area contributed by atoms with E-state index < -0.39 is 11.4 Å². The number of nitrogens with zero attached hydrogens (tertiary/aromatic N) is 1. The molecule has 0 aromatic carbocycles. The van der Waals surface area contributed by atoms with Crippen LogP contribution in [0.1, 0.15) is 65.2 Å². The van der Waals surface area contributed by atoms with E-state index in [9.17, 15) is 9.90 Å². The Morgan fingerprint density at radius 2 is 2.16 bits per heavy atom. The van der Waals surface area contributed by atoms with E-state index in [1.165, 1.54) is 25.7 Å². The lowest BCUT2D eigenvalue weighted by Crippen LogP contribution is -2.52. The molecule has 1 heterocycles. The maximum Gasteiger partial charge on any atom is 0.310 e. The second kappa shape index (κ2) is 6.25. The third kappa shape index (κ3) is 3.31. The second-order valence-electron chi connectivity index (χ2n) is 6.84. The minimum atomic E-state index is -0.567. The topological polar surface area (TPSA) is 40.5 Å². The smallest absolute Gasteiger partial charge is 0.310 e. The molecule has 1 N–H and O–H groups in total. The van der Waals surface area contributed by atoms with Gasteiger partial charge >= 0.3 is 5.97 Å². The van der Waals surface area contributed by atoms with E-state index >= 15 is 0 Å². The summed E-state index contributed by atoms with van der Waals surface area (Å²) in [5, 5.41) is 9.66. The molecule has 2 rings (SSSR count). The van der Waals surface area contributed by atoms with Crippen LogP contribution in [0.5, 0.6) is 0 Å². The van der Waals surface area contributed by atoms with Crippen molar-refractivity contribution in [1.82, 2.24) is 4.90 Å². The zero-order valence-electron chi connectivity index (χ0n) is 12.5. The highest BCUT2D eigenvalue weighted by Gasteiger charge is 2.43. The van der Waals surface area contributed by atoms with Gasteiger partial charge in [-0.25, -0.2) is 0 Å². The SMILES string of the molecule is CCCC1(C(=O)O)CCCN(C2CCCC(C)C2)C1.